The fraction of sp³-hybridized carbons (Fsp3) is 0.310. The second-order valence-corrected chi connectivity index (χ2v) is 14.0. The first-order valence-corrected chi connectivity index (χ1v) is 17.6. The van der Waals surface area contributed by atoms with E-state index in [9.17, 15) is 22.1 Å². The van der Waals surface area contributed by atoms with Crippen molar-refractivity contribution in [3.05, 3.63) is 65.7 Å². The van der Waals surface area contributed by atoms with Crippen LogP contribution in [0.3, 0.4) is 0 Å². The Hall–Kier alpha value is -4.37. The van der Waals surface area contributed by atoms with E-state index in [0.717, 1.165) is 10.6 Å². The first-order chi connectivity index (χ1) is 21.9. The molecule has 17 heteroatoms. The van der Waals surface area contributed by atoms with E-state index < -0.39 is 31.7 Å². The lowest BCUT2D eigenvalue weighted by molar-refractivity contribution is 0.119. The number of rotatable bonds is 14. The SMILES string of the molecule is COc1cccc(-c2nnc(N(CCS)S(=O)(=O)C[C@H](OC)c3ccc(C#N)cc3S(C)(=O)=O)n2-c2c(OC)cccc2OC)n1. The quantitative estimate of drug-likeness (QED) is 0.192. The van der Waals surface area contributed by atoms with Crippen molar-refractivity contribution in [3.63, 3.8) is 0 Å². The summed E-state index contributed by atoms with van der Waals surface area (Å²) in [5, 5.41) is 18.0. The lowest BCUT2D eigenvalue weighted by Gasteiger charge is -2.27. The lowest BCUT2D eigenvalue weighted by atomic mass is 10.1. The maximum Gasteiger partial charge on any atom is 0.246 e. The zero-order chi connectivity index (χ0) is 33.6. The molecule has 4 rings (SSSR count). The first kappa shape index (κ1) is 34.5. The van der Waals surface area contributed by atoms with Crippen LogP contribution in [0.2, 0.25) is 0 Å². The fourth-order valence-corrected chi connectivity index (χ4v) is 7.64. The minimum Gasteiger partial charge on any atom is -0.494 e. The van der Waals surface area contributed by atoms with Crippen LogP contribution in [-0.4, -0.2) is 89.3 Å². The molecule has 2 aromatic carbocycles. The molecule has 0 aliphatic rings. The summed E-state index contributed by atoms with van der Waals surface area (Å²) in [4.78, 5) is 4.26. The summed E-state index contributed by atoms with van der Waals surface area (Å²) < 4.78 is 78.6. The number of nitriles is 1. The van der Waals surface area contributed by atoms with E-state index in [-0.39, 0.29) is 46.0 Å². The van der Waals surface area contributed by atoms with Gasteiger partial charge < -0.3 is 18.9 Å². The number of ether oxygens (including phenoxy) is 4. The molecule has 2 aromatic heterocycles. The van der Waals surface area contributed by atoms with Crippen molar-refractivity contribution in [2.75, 3.05) is 57.1 Å². The van der Waals surface area contributed by atoms with Crippen LogP contribution in [0, 0.1) is 11.3 Å². The predicted molar refractivity (Wildman–Crippen MR) is 173 cm³/mol. The maximum atomic E-state index is 14.3. The van der Waals surface area contributed by atoms with Crippen LogP contribution in [0.15, 0.2) is 59.5 Å². The Balaban J connectivity index is 1.95. The van der Waals surface area contributed by atoms with Crippen LogP contribution in [0.1, 0.15) is 17.2 Å². The number of aromatic nitrogens is 4. The molecule has 14 nitrogen and oxygen atoms in total. The van der Waals surface area contributed by atoms with Gasteiger partial charge in [-0.2, -0.15) is 17.9 Å². The van der Waals surface area contributed by atoms with Crippen molar-refractivity contribution < 1.29 is 35.8 Å². The number of pyridine rings is 1. The summed E-state index contributed by atoms with van der Waals surface area (Å²) in [6.07, 6.45) is -0.278. The van der Waals surface area contributed by atoms with Crippen LogP contribution in [0.4, 0.5) is 5.95 Å². The maximum absolute atomic E-state index is 14.3. The molecule has 0 aliphatic carbocycles. The standard InChI is InChI=1S/C29H32N6O8S3/c1-40-22-9-7-10-23(41-2)27(22)35-28(21-8-6-11-26(31-21)43-4)32-33-29(35)34(14-15-44)46(38,39)18-24(42-3)20-13-12-19(17-30)16-25(20)45(5,36)37/h6-13,16,24,44H,14-15,18H2,1-5H3/t24-/m0/s1. The summed E-state index contributed by atoms with van der Waals surface area (Å²) in [6.45, 7) is -0.157. The van der Waals surface area contributed by atoms with Crippen LogP contribution in [-0.2, 0) is 24.6 Å². The monoisotopic (exact) mass is 688 g/mol. The van der Waals surface area contributed by atoms with Gasteiger partial charge in [0.15, 0.2) is 15.7 Å². The largest absolute Gasteiger partial charge is 0.494 e. The van der Waals surface area contributed by atoms with E-state index in [1.54, 1.807) is 36.4 Å². The van der Waals surface area contributed by atoms with Gasteiger partial charge in [0.25, 0.3) is 0 Å². The van der Waals surface area contributed by atoms with Gasteiger partial charge in [-0.25, -0.2) is 26.1 Å². The van der Waals surface area contributed by atoms with Gasteiger partial charge in [0, 0.05) is 37.3 Å². The van der Waals surface area contributed by atoms with Crippen molar-refractivity contribution in [1.82, 2.24) is 19.7 Å². The number of methoxy groups -OCH3 is 4. The van der Waals surface area contributed by atoms with E-state index >= 15 is 0 Å². The Morgan fingerprint density at radius 2 is 1.63 bits per heavy atom. The number of anilines is 1. The van der Waals surface area contributed by atoms with E-state index in [0.29, 0.717) is 22.9 Å². The van der Waals surface area contributed by atoms with Gasteiger partial charge in [-0.3, -0.25) is 4.57 Å². The highest BCUT2D eigenvalue weighted by atomic mass is 32.2. The molecule has 244 valence electrons. The molecule has 0 saturated carbocycles. The van der Waals surface area contributed by atoms with Gasteiger partial charge in [-0.15, -0.1) is 10.2 Å². The van der Waals surface area contributed by atoms with Gasteiger partial charge >= 0.3 is 0 Å². The molecule has 0 spiro atoms. The van der Waals surface area contributed by atoms with E-state index in [1.165, 1.54) is 51.2 Å². The second kappa shape index (κ2) is 14.4. The number of sulfonamides is 1. The Bertz CT molecular complexity index is 1950. The third kappa shape index (κ3) is 7.04. The van der Waals surface area contributed by atoms with Crippen molar-refractivity contribution >= 4 is 38.4 Å². The van der Waals surface area contributed by atoms with Gasteiger partial charge in [0.1, 0.15) is 22.9 Å². The molecular formula is C29H32N6O8S3. The van der Waals surface area contributed by atoms with Crippen molar-refractivity contribution in [1.29, 1.82) is 5.26 Å². The Morgan fingerprint density at radius 1 is 0.957 bits per heavy atom. The van der Waals surface area contributed by atoms with Gasteiger partial charge in [0.05, 0.1) is 49.7 Å². The first-order valence-electron chi connectivity index (χ1n) is 13.5. The third-order valence-electron chi connectivity index (χ3n) is 6.83. The summed E-state index contributed by atoms with van der Waals surface area (Å²) >= 11 is 4.32. The summed E-state index contributed by atoms with van der Waals surface area (Å²) in [5.74, 6) is 0.294. The predicted octanol–water partition coefficient (Wildman–Crippen LogP) is 3.08. The number of thiol groups is 1. The number of benzene rings is 2. The van der Waals surface area contributed by atoms with Crippen LogP contribution in [0.5, 0.6) is 17.4 Å². The summed E-state index contributed by atoms with van der Waals surface area (Å²) in [6, 6.07) is 15.9. The molecule has 0 saturated heterocycles. The highest BCUT2D eigenvalue weighted by molar-refractivity contribution is 7.92. The molecule has 0 unspecified atom stereocenters. The van der Waals surface area contributed by atoms with Crippen molar-refractivity contribution in [3.8, 4) is 40.7 Å². The molecular weight excluding hydrogens is 657 g/mol. The average molecular weight is 689 g/mol. The zero-order valence-electron chi connectivity index (χ0n) is 25.6. The molecule has 0 aliphatic heterocycles. The number of nitrogens with zero attached hydrogens (tertiary/aromatic N) is 6. The van der Waals surface area contributed by atoms with Gasteiger partial charge in [0.2, 0.25) is 21.9 Å². The van der Waals surface area contributed by atoms with Gasteiger partial charge in [-0.05, 0) is 30.3 Å². The smallest absolute Gasteiger partial charge is 0.246 e. The van der Waals surface area contributed by atoms with Crippen LogP contribution in [0.25, 0.3) is 17.2 Å². The van der Waals surface area contributed by atoms with E-state index in [2.05, 4.69) is 27.8 Å². The second-order valence-electron chi connectivity index (χ2n) is 9.67. The van der Waals surface area contributed by atoms with E-state index in [1.807, 2.05) is 6.07 Å². The Morgan fingerprint density at radius 3 is 2.20 bits per heavy atom. The Kier molecular flexibility index (Phi) is 10.8. The highest BCUT2D eigenvalue weighted by Crippen LogP contribution is 2.39. The number of para-hydroxylation sites is 1. The number of hydrogen-bond donors (Lipinski definition) is 1. The van der Waals surface area contributed by atoms with Gasteiger partial charge in [-0.1, -0.05) is 18.2 Å². The molecule has 0 N–H and O–H groups in total. The molecule has 4 aromatic rings. The van der Waals surface area contributed by atoms with Crippen LogP contribution < -0.4 is 18.5 Å². The minimum absolute atomic E-state index is 0.0744. The van der Waals surface area contributed by atoms with E-state index in [4.69, 9.17) is 18.9 Å². The van der Waals surface area contributed by atoms with Crippen molar-refractivity contribution in [2.45, 2.75) is 11.0 Å². The zero-order valence-corrected chi connectivity index (χ0v) is 28.1. The number of hydrogen-bond acceptors (Lipinski definition) is 13. The molecule has 2 heterocycles. The minimum atomic E-state index is -4.38. The fourth-order valence-electron chi connectivity index (χ4n) is 4.73. The summed E-state index contributed by atoms with van der Waals surface area (Å²) in [5.41, 5.74) is 0.768. The molecule has 0 amide bonds. The molecule has 1 atom stereocenters. The molecule has 0 bridgehead atoms. The normalized spacial score (nSPS) is 12.3. The highest BCUT2D eigenvalue weighted by Gasteiger charge is 2.35. The van der Waals surface area contributed by atoms with Crippen molar-refractivity contribution in [2.24, 2.45) is 0 Å². The third-order valence-corrected chi connectivity index (χ3v) is 9.92. The Labute approximate surface area is 272 Å². The van der Waals surface area contributed by atoms with Crippen LogP contribution >= 0.6 is 12.6 Å². The topological polar surface area (TPSA) is 176 Å². The summed E-state index contributed by atoms with van der Waals surface area (Å²) in [7, 11) is -2.62. The lowest BCUT2D eigenvalue weighted by Crippen LogP contribution is -2.38. The number of sulfone groups is 1. The molecule has 0 fully saturated rings. The average Bonchev–Trinajstić information content (AvgIpc) is 3.48. The molecule has 46 heavy (non-hydrogen) atoms. The molecule has 0 radical (unpaired) electrons.